The number of nitriles is 1. The molecule has 0 saturated heterocycles. The van der Waals surface area contributed by atoms with Gasteiger partial charge in [-0.2, -0.15) is 10.2 Å². The largest absolute Gasteiger partial charge is 0.609 e. The lowest BCUT2D eigenvalue weighted by molar-refractivity contribution is 0.588. The predicted molar refractivity (Wildman–Crippen MR) is 53.7 cm³/mol. The van der Waals surface area contributed by atoms with Gasteiger partial charge in [0.25, 0.3) is 5.56 Å². The SMILES string of the molecule is CSc1nc([S+](C)[O-])[nH]c(=O)c1C#N. The van der Waals surface area contributed by atoms with E-state index in [1.54, 1.807) is 12.3 Å². The van der Waals surface area contributed by atoms with Crippen LogP contribution in [0.1, 0.15) is 5.56 Å². The van der Waals surface area contributed by atoms with Gasteiger partial charge in [0, 0.05) is 11.2 Å². The second kappa shape index (κ2) is 4.50. The maximum Gasteiger partial charge on any atom is 0.324 e. The highest BCUT2D eigenvalue weighted by Crippen LogP contribution is 2.14. The molecule has 0 aliphatic heterocycles. The summed E-state index contributed by atoms with van der Waals surface area (Å²) in [6.07, 6.45) is 3.11. The number of thioether (sulfide) groups is 1. The molecule has 7 heteroatoms. The number of H-pyrrole nitrogens is 1. The molecule has 0 saturated carbocycles. The van der Waals surface area contributed by atoms with Crippen molar-refractivity contribution in [3.05, 3.63) is 15.9 Å². The van der Waals surface area contributed by atoms with E-state index >= 15 is 0 Å². The first-order valence-corrected chi connectivity index (χ1v) is 6.30. The molecule has 0 amide bonds. The molecule has 74 valence electrons. The molecular formula is C7H7N3O2S2. The summed E-state index contributed by atoms with van der Waals surface area (Å²) in [5.41, 5.74) is -0.580. The van der Waals surface area contributed by atoms with Crippen molar-refractivity contribution in [2.45, 2.75) is 10.2 Å². The fourth-order valence-electron chi connectivity index (χ4n) is 0.815. The first kappa shape index (κ1) is 11.1. The molecule has 1 rings (SSSR count). The molecular weight excluding hydrogens is 222 g/mol. The maximum atomic E-state index is 11.3. The van der Waals surface area contributed by atoms with Crippen molar-refractivity contribution in [3.8, 4) is 6.07 Å². The summed E-state index contributed by atoms with van der Waals surface area (Å²) >= 11 is -0.173. The highest BCUT2D eigenvalue weighted by molar-refractivity contribution is 7.98. The molecule has 0 radical (unpaired) electrons. The van der Waals surface area contributed by atoms with Crippen molar-refractivity contribution in [2.24, 2.45) is 0 Å². The van der Waals surface area contributed by atoms with Crippen LogP contribution in [0.2, 0.25) is 0 Å². The van der Waals surface area contributed by atoms with Crippen molar-refractivity contribution in [1.82, 2.24) is 9.97 Å². The number of aromatic nitrogens is 2. The Balaban J connectivity index is 3.41. The molecule has 14 heavy (non-hydrogen) atoms. The Morgan fingerprint density at radius 2 is 2.36 bits per heavy atom. The summed E-state index contributed by atoms with van der Waals surface area (Å²) in [5, 5.41) is 9.06. The summed E-state index contributed by atoms with van der Waals surface area (Å²) < 4.78 is 11.1. The molecule has 5 nitrogen and oxygen atoms in total. The van der Waals surface area contributed by atoms with Crippen LogP contribution < -0.4 is 5.56 Å². The third-order valence-corrected chi connectivity index (χ3v) is 2.86. The molecule has 1 aromatic rings. The third kappa shape index (κ3) is 2.09. The molecule has 1 heterocycles. The van der Waals surface area contributed by atoms with Crippen molar-refractivity contribution in [1.29, 1.82) is 5.26 Å². The molecule has 0 fully saturated rings. The van der Waals surface area contributed by atoms with Crippen LogP contribution >= 0.6 is 11.8 Å². The van der Waals surface area contributed by atoms with Crippen LogP contribution in [0.5, 0.6) is 0 Å². The van der Waals surface area contributed by atoms with Crippen molar-refractivity contribution < 1.29 is 4.55 Å². The number of rotatable bonds is 2. The van der Waals surface area contributed by atoms with Crippen LogP contribution in [0.4, 0.5) is 0 Å². The van der Waals surface area contributed by atoms with Gasteiger partial charge in [-0.05, 0) is 6.26 Å². The van der Waals surface area contributed by atoms with E-state index < -0.39 is 16.7 Å². The van der Waals surface area contributed by atoms with E-state index in [1.165, 1.54) is 18.0 Å². The molecule has 0 aromatic carbocycles. The Morgan fingerprint density at radius 1 is 1.71 bits per heavy atom. The lowest BCUT2D eigenvalue weighted by Gasteiger charge is -2.04. The minimum absolute atomic E-state index is 0.0355. The van der Waals surface area contributed by atoms with Gasteiger partial charge in [-0.3, -0.25) is 9.78 Å². The van der Waals surface area contributed by atoms with E-state index in [1.807, 2.05) is 0 Å². The molecule has 0 bridgehead atoms. The van der Waals surface area contributed by atoms with E-state index in [-0.39, 0.29) is 10.7 Å². The standard InChI is InChI=1S/C7H7N3O2S2/c1-13-6-4(3-8)5(11)9-7(10-6)14(2)12/h1-2H3,(H,9,10,11). The molecule has 0 spiro atoms. The maximum absolute atomic E-state index is 11.3. The van der Waals surface area contributed by atoms with Crippen molar-refractivity contribution in [2.75, 3.05) is 12.5 Å². The van der Waals surface area contributed by atoms with E-state index in [4.69, 9.17) is 5.26 Å². The van der Waals surface area contributed by atoms with Gasteiger partial charge in [-0.25, -0.2) is 0 Å². The Morgan fingerprint density at radius 3 is 2.79 bits per heavy atom. The Labute approximate surface area is 87.7 Å². The number of aromatic amines is 1. The van der Waals surface area contributed by atoms with E-state index in [2.05, 4.69) is 9.97 Å². The second-order valence-corrected chi connectivity index (χ2v) is 4.41. The van der Waals surface area contributed by atoms with Crippen LogP contribution in [-0.4, -0.2) is 27.0 Å². The average Bonchev–Trinajstić information content (AvgIpc) is 2.16. The monoisotopic (exact) mass is 229 g/mol. The fourth-order valence-corrected chi connectivity index (χ4v) is 1.85. The first-order valence-electron chi connectivity index (χ1n) is 3.52. The Hall–Kier alpha value is -0.970. The summed E-state index contributed by atoms with van der Waals surface area (Å²) in [4.78, 5) is 17.5. The van der Waals surface area contributed by atoms with Crippen LogP contribution in [0.3, 0.4) is 0 Å². The van der Waals surface area contributed by atoms with Gasteiger partial charge < -0.3 is 4.55 Å². The van der Waals surface area contributed by atoms with Crippen LogP contribution in [0.25, 0.3) is 0 Å². The fraction of sp³-hybridized carbons (Fsp3) is 0.286. The van der Waals surface area contributed by atoms with Gasteiger partial charge in [0.05, 0.1) is 0 Å². The second-order valence-electron chi connectivity index (χ2n) is 2.32. The molecule has 1 unspecified atom stereocenters. The zero-order valence-corrected chi connectivity index (χ0v) is 9.16. The average molecular weight is 229 g/mol. The summed E-state index contributed by atoms with van der Waals surface area (Å²) in [5.74, 6) is 0. The molecule has 0 aliphatic rings. The predicted octanol–water partition coefficient (Wildman–Crippen LogP) is 0.101. The molecule has 1 N–H and O–H groups in total. The van der Waals surface area contributed by atoms with Gasteiger partial charge in [0.1, 0.15) is 22.9 Å². The summed E-state index contributed by atoms with van der Waals surface area (Å²) in [6, 6.07) is 1.75. The summed E-state index contributed by atoms with van der Waals surface area (Å²) in [7, 11) is 0. The number of nitrogens with zero attached hydrogens (tertiary/aromatic N) is 2. The van der Waals surface area contributed by atoms with Crippen LogP contribution in [-0.2, 0) is 11.2 Å². The smallest absolute Gasteiger partial charge is 0.324 e. The normalized spacial score (nSPS) is 12.1. The van der Waals surface area contributed by atoms with Crippen molar-refractivity contribution >= 4 is 22.9 Å². The number of nitrogens with one attached hydrogen (secondary N) is 1. The highest BCUT2D eigenvalue weighted by atomic mass is 32.2. The Bertz CT molecular complexity index is 436. The van der Waals surface area contributed by atoms with Crippen LogP contribution in [0, 0.1) is 11.3 Å². The minimum Gasteiger partial charge on any atom is -0.609 e. The minimum atomic E-state index is -1.35. The van der Waals surface area contributed by atoms with E-state index in [9.17, 15) is 9.35 Å². The highest BCUT2D eigenvalue weighted by Gasteiger charge is 2.15. The molecule has 0 aliphatic carbocycles. The van der Waals surface area contributed by atoms with Gasteiger partial charge in [0.15, 0.2) is 0 Å². The topological polar surface area (TPSA) is 92.6 Å². The number of hydrogen-bond donors (Lipinski definition) is 1. The first-order chi connectivity index (χ1) is 6.60. The van der Waals surface area contributed by atoms with Gasteiger partial charge in [-0.1, -0.05) is 0 Å². The molecule has 1 atom stereocenters. The van der Waals surface area contributed by atoms with Gasteiger partial charge >= 0.3 is 5.16 Å². The lowest BCUT2D eigenvalue weighted by atomic mass is 10.4. The lowest BCUT2D eigenvalue weighted by Crippen LogP contribution is -2.18. The zero-order chi connectivity index (χ0) is 10.7. The van der Waals surface area contributed by atoms with Gasteiger partial charge in [0.2, 0.25) is 0 Å². The van der Waals surface area contributed by atoms with Crippen LogP contribution in [0.15, 0.2) is 15.0 Å². The third-order valence-electron chi connectivity index (χ3n) is 1.44. The quantitative estimate of drug-likeness (QED) is 0.336. The number of hydrogen-bond acceptors (Lipinski definition) is 5. The molecule has 1 aromatic heterocycles. The van der Waals surface area contributed by atoms with E-state index in [0.717, 1.165) is 0 Å². The summed E-state index contributed by atoms with van der Waals surface area (Å²) in [6.45, 7) is 0. The van der Waals surface area contributed by atoms with Crippen molar-refractivity contribution in [3.63, 3.8) is 0 Å². The Kier molecular flexibility index (Phi) is 3.57. The zero-order valence-electron chi connectivity index (χ0n) is 7.53. The van der Waals surface area contributed by atoms with E-state index in [0.29, 0.717) is 5.03 Å². The van der Waals surface area contributed by atoms with Gasteiger partial charge in [-0.15, -0.1) is 11.8 Å².